The van der Waals surface area contributed by atoms with Crippen LogP contribution < -0.4 is 4.74 Å². The monoisotopic (exact) mass is 207 g/mol. The minimum absolute atomic E-state index is 0.0271. The molecule has 1 aromatic rings. The Labute approximate surface area is 91.9 Å². The molecule has 1 radical (unpaired) electrons. The molecular formula is C13H19O2. The van der Waals surface area contributed by atoms with Crippen LogP contribution in [0.15, 0.2) is 18.2 Å². The Kier molecular flexibility index (Phi) is 3.75. The molecule has 0 saturated carbocycles. The second-order valence-corrected chi connectivity index (χ2v) is 4.56. The Bertz CT molecular complexity index is 324. The van der Waals surface area contributed by atoms with Crippen LogP contribution in [0.5, 0.6) is 5.75 Å². The molecule has 0 unspecified atom stereocenters. The van der Waals surface area contributed by atoms with E-state index in [-0.39, 0.29) is 5.41 Å². The van der Waals surface area contributed by atoms with Crippen LogP contribution in [0.2, 0.25) is 0 Å². The number of ether oxygens (including phenoxy) is 1. The van der Waals surface area contributed by atoms with Gasteiger partial charge in [0, 0.05) is 0 Å². The molecule has 1 rings (SSSR count). The normalized spacial score (nSPS) is 11.5. The van der Waals surface area contributed by atoms with E-state index in [9.17, 15) is 5.11 Å². The zero-order chi connectivity index (χ0) is 11.5. The third-order valence-corrected chi connectivity index (χ3v) is 2.28. The third kappa shape index (κ3) is 2.96. The predicted molar refractivity (Wildman–Crippen MR) is 61.6 cm³/mol. The predicted octanol–water partition coefficient (Wildman–Crippen LogP) is 3.27. The molecule has 0 heterocycles. The van der Waals surface area contributed by atoms with Gasteiger partial charge in [-0.2, -0.15) is 0 Å². The van der Waals surface area contributed by atoms with E-state index in [0.29, 0.717) is 6.61 Å². The number of benzene rings is 1. The summed E-state index contributed by atoms with van der Waals surface area (Å²) in [7, 11) is 0. The van der Waals surface area contributed by atoms with Crippen molar-refractivity contribution in [1.82, 2.24) is 0 Å². The molecule has 15 heavy (non-hydrogen) atoms. The van der Waals surface area contributed by atoms with Crippen LogP contribution in [0.1, 0.15) is 38.8 Å². The number of hydrogen-bond donors (Lipinski definition) is 1. The van der Waals surface area contributed by atoms with Crippen LogP contribution in [0.4, 0.5) is 0 Å². The van der Waals surface area contributed by atoms with Crippen molar-refractivity contribution >= 4 is 0 Å². The molecule has 0 spiro atoms. The van der Waals surface area contributed by atoms with Gasteiger partial charge in [0.15, 0.2) is 0 Å². The molecule has 0 aliphatic heterocycles. The van der Waals surface area contributed by atoms with Gasteiger partial charge in [0.1, 0.15) is 12.4 Å². The Morgan fingerprint density at radius 2 is 2.00 bits per heavy atom. The summed E-state index contributed by atoms with van der Waals surface area (Å²) in [6.45, 7) is 10.1. The minimum Gasteiger partial charge on any atom is -0.494 e. The molecule has 0 aliphatic carbocycles. The summed E-state index contributed by atoms with van der Waals surface area (Å²) in [5, 5.41) is 9.19. The van der Waals surface area contributed by atoms with Gasteiger partial charge >= 0.3 is 0 Å². The second kappa shape index (κ2) is 4.67. The van der Waals surface area contributed by atoms with Crippen molar-refractivity contribution in [3.8, 4) is 5.75 Å². The molecule has 2 nitrogen and oxygen atoms in total. The van der Waals surface area contributed by atoms with Gasteiger partial charge in [-0.05, 0) is 35.6 Å². The molecule has 2 heteroatoms. The van der Waals surface area contributed by atoms with Crippen molar-refractivity contribution in [2.75, 3.05) is 6.61 Å². The number of rotatable bonds is 3. The molecule has 1 aromatic carbocycles. The summed E-state index contributed by atoms with van der Waals surface area (Å²) in [4.78, 5) is 0. The molecule has 1 N–H and O–H groups in total. The maximum Gasteiger partial charge on any atom is 0.119 e. The Morgan fingerprint density at radius 1 is 1.33 bits per heavy atom. The molecule has 0 bridgehead atoms. The van der Waals surface area contributed by atoms with Gasteiger partial charge in [-0.15, -0.1) is 0 Å². The highest BCUT2D eigenvalue weighted by molar-refractivity contribution is 5.42. The van der Waals surface area contributed by atoms with Crippen LogP contribution in [-0.4, -0.2) is 11.7 Å². The first-order valence-corrected chi connectivity index (χ1v) is 5.23. The summed E-state index contributed by atoms with van der Waals surface area (Å²) in [6.07, 6.45) is 0. The fourth-order valence-electron chi connectivity index (χ4n) is 1.59. The van der Waals surface area contributed by atoms with E-state index in [1.165, 1.54) is 0 Å². The average molecular weight is 207 g/mol. The maximum atomic E-state index is 9.19. The van der Waals surface area contributed by atoms with Crippen molar-refractivity contribution in [1.29, 1.82) is 0 Å². The summed E-state index contributed by atoms with van der Waals surface area (Å²) < 4.78 is 5.38. The van der Waals surface area contributed by atoms with Gasteiger partial charge < -0.3 is 9.84 Å². The lowest BCUT2D eigenvalue weighted by molar-refractivity contribution is 0.338. The molecule has 0 saturated heterocycles. The van der Waals surface area contributed by atoms with E-state index < -0.39 is 0 Å². The quantitative estimate of drug-likeness (QED) is 0.824. The topological polar surface area (TPSA) is 29.5 Å². The molecule has 0 aliphatic rings. The first-order chi connectivity index (χ1) is 6.99. The molecule has 0 fully saturated rings. The zero-order valence-electron chi connectivity index (χ0n) is 9.87. The smallest absolute Gasteiger partial charge is 0.119 e. The van der Waals surface area contributed by atoms with E-state index >= 15 is 0 Å². The van der Waals surface area contributed by atoms with Crippen molar-refractivity contribution < 1.29 is 9.84 Å². The molecule has 0 atom stereocenters. The van der Waals surface area contributed by atoms with Crippen molar-refractivity contribution in [2.45, 2.75) is 33.1 Å². The summed E-state index contributed by atoms with van der Waals surface area (Å²) in [6, 6.07) is 5.81. The molecule has 0 amide bonds. The standard InChI is InChI=1S/C13H19O2/c1-5-15-11-6-7-12(13(2,3)4)10(8-11)9-14/h6-9,14H,5H2,1-4H3. The minimum atomic E-state index is 0.0271. The number of hydrogen-bond acceptors (Lipinski definition) is 2. The SMILES string of the molecule is CCOc1ccc(C(C)(C)C)c([CH]O)c1. The van der Waals surface area contributed by atoms with Crippen LogP contribution >= 0.6 is 0 Å². The highest BCUT2D eigenvalue weighted by atomic mass is 16.5. The van der Waals surface area contributed by atoms with E-state index in [4.69, 9.17) is 4.74 Å². The van der Waals surface area contributed by atoms with Crippen molar-refractivity contribution in [2.24, 2.45) is 0 Å². The summed E-state index contributed by atoms with van der Waals surface area (Å²) in [5.41, 5.74) is 1.97. The van der Waals surface area contributed by atoms with Gasteiger partial charge in [0.2, 0.25) is 0 Å². The van der Waals surface area contributed by atoms with E-state index in [0.717, 1.165) is 23.5 Å². The van der Waals surface area contributed by atoms with Crippen LogP contribution in [-0.2, 0) is 5.41 Å². The van der Waals surface area contributed by atoms with Gasteiger partial charge in [-0.3, -0.25) is 0 Å². The summed E-state index contributed by atoms with van der Waals surface area (Å²) >= 11 is 0. The Balaban J connectivity index is 3.09. The van der Waals surface area contributed by atoms with Crippen molar-refractivity contribution in [3.05, 3.63) is 35.9 Å². The lowest BCUT2D eigenvalue weighted by Crippen LogP contribution is -2.14. The highest BCUT2D eigenvalue weighted by Gasteiger charge is 2.17. The summed E-state index contributed by atoms with van der Waals surface area (Å²) in [5.74, 6) is 0.797. The van der Waals surface area contributed by atoms with E-state index in [1.807, 2.05) is 25.1 Å². The Hall–Kier alpha value is -1.02. The lowest BCUT2D eigenvalue weighted by atomic mass is 9.84. The van der Waals surface area contributed by atoms with Crippen LogP contribution in [0.3, 0.4) is 0 Å². The van der Waals surface area contributed by atoms with Gasteiger partial charge in [-0.1, -0.05) is 26.8 Å². The zero-order valence-corrected chi connectivity index (χ0v) is 9.87. The lowest BCUT2D eigenvalue weighted by Gasteiger charge is -2.22. The van der Waals surface area contributed by atoms with E-state index in [1.54, 1.807) is 0 Å². The van der Waals surface area contributed by atoms with Gasteiger partial charge in [0.25, 0.3) is 0 Å². The third-order valence-electron chi connectivity index (χ3n) is 2.28. The number of aliphatic hydroxyl groups is 1. The van der Waals surface area contributed by atoms with Gasteiger partial charge in [-0.25, -0.2) is 0 Å². The maximum absolute atomic E-state index is 9.19. The first kappa shape index (κ1) is 12.1. The van der Waals surface area contributed by atoms with E-state index in [2.05, 4.69) is 20.8 Å². The molecular weight excluding hydrogens is 188 g/mol. The molecule has 83 valence electrons. The fraction of sp³-hybridized carbons (Fsp3) is 0.462. The first-order valence-electron chi connectivity index (χ1n) is 5.23. The largest absolute Gasteiger partial charge is 0.494 e. The molecule has 0 aromatic heterocycles. The van der Waals surface area contributed by atoms with Crippen molar-refractivity contribution in [3.63, 3.8) is 0 Å². The second-order valence-electron chi connectivity index (χ2n) is 4.56. The number of aliphatic hydroxyl groups excluding tert-OH is 1. The van der Waals surface area contributed by atoms with Crippen LogP contribution in [0, 0.1) is 6.61 Å². The highest BCUT2D eigenvalue weighted by Crippen LogP contribution is 2.29. The average Bonchev–Trinajstić information content (AvgIpc) is 2.16. The fourth-order valence-corrected chi connectivity index (χ4v) is 1.59. The Morgan fingerprint density at radius 3 is 2.47 bits per heavy atom. The van der Waals surface area contributed by atoms with Crippen LogP contribution in [0.25, 0.3) is 0 Å². The van der Waals surface area contributed by atoms with Gasteiger partial charge in [0.05, 0.1) is 6.61 Å².